The van der Waals surface area contributed by atoms with Gasteiger partial charge in [-0.2, -0.15) is 0 Å². The van der Waals surface area contributed by atoms with Gasteiger partial charge in [-0.25, -0.2) is 9.97 Å². The Bertz CT molecular complexity index is 2660. The van der Waals surface area contributed by atoms with Crippen molar-refractivity contribution in [3.05, 3.63) is 151 Å². The average Bonchev–Trinajstić information content (AvgIpc) is 3.69. The number of para-hydroxylation sites is 1. The van der Waals surface area contributed by atoms with Crippen molar-refractivity contribution >= 4 is 40.3 Å². The Labute approximate surface area is 287 Å². The number of hydrogen-bond acceptors (Lipinski definition) is 2. The Hall–Kier alpha value is -5.58. The highest BCUT2D eigenvalue weighted by Gasteiger charge is 2.42. The minimum Gasteiger partial charge on any atom is -0.309 e. The number of rotatable bonds is 3. The highest BCUT2D eigenvalue weighted by Crippen LogP contribution is 2.53. The summed E-state index contributed by atoms with van der Waals surface area (Å²) in [6.45, 7) is 9.63. The van der Waals surface area contributed by atoms with Crippen molar-refractivity contribution in [3.8, 4) is 50.7 Å². The van der Waals surface area contributed by atoms with Crippen molar-refractivity contribution in [1.29, 1.82) is 0 Å². The van der Waals surface area contributed by atoms with Crippen LogP contribution in [0.2, 0.25) is 13.1 Å². The maximum absolute atomic E-state index is 5.41. The molecule has 1 aliphatic heterocycles. The van der Waals surface area contributed by atoms with E-state index in [1.165, 1.54) is 60.0 Å². The van der Waals surface area contributed by atoms with Gasteiger partial charge in [0.25, 0.3) is 0 Å². The molecule has 10 rings (SSSR count). The summed E-state index contributed by atoms with van der Waals surface area (Å²) in [5.74, 6) is 0.763. The third-order valence-corrected chi connectivity index (χ3v) is 14.7. The molecule has 2 aliphatic rings. The molecule has 3 nitrogen and oxygen atoms in total. The first kappa shape index (κ1) is 28.4. The van der Waals surface area contributed by atoms with Crippen LogP contribution in [0, 0.1) is 0 Å². The molecule has 0 saturated carbocycles. The molecule has 0 saturated heterocycles. The Morgan fingerprint density at radius 1 is 0.571 bits per heavy atom. The fraction of sp³-hybridized carbons (Fsp3) is 0.111. The van der Waals surface area contributed by atoms with Crippen LogP contribution in [0.4, 0.5) is 0 Å². The van der Waals surface area contributed by atoms with E-state index in [1.807, 2.05) is 0 Å². The van der Waals surface area contributed by atoms with Gasteiger partial charge in [0.15, 0.2) is 5.82 Å². The van der Waals surface area contributed by atoms with Gasteiger partial charge < -0.3 is 4.57 Å². The smallest absolute Gasteiger partial charge is 0.160 e. The summed E-state index contributed by atoms with van der Waals surface area (Å²) < 4.78 is 2.43. The predicted octanol–water partition coefficient (Wildman–Crippen LogP) is 10.0. The molecule has 0 fully saturated rings. The molecule has 49 heavy (non-hydrogen) atoms. The first-order chi connectivity index (χ1) is 23.8. The molecule has 4 heteroatoms. The average molecular weight is 646 g/mol. The molecule has 6 aromatic carbocycles. The van der Waals surface area contributed by atoms with Crippen LogP contribution < -0.4 is 10.4 Å². The molecule has 8 aromatic rings. The molecule has 0 N–H and O–H groups in total. The van der Waals surface area contributed by atoms with Crippen LogP contribution in [0.15, 0.2) is 140 Å². The van der Waals surface area contributed by atoms with Gasteiger partial charge in [0.05, 0.1) is 22.4 Å². The third-order valence-electron chi connectivity index (χ3n) is 11.2. The van der Waals surface area contributed by atoms with Gasteiger partial charge in [0, 0.05) is 33.0 Å². The lowest BCUT2D eigenvalue weighted by molar-refractivity contribution is 0.666. The van der Waals surface area contributed by atoms with E-state index < -0.39 is 8.07 Å². The van der Waals surface area contributed by atoms with Gasteiger partial charge in [-0.1, -0.05) is 142 Å². The SMILES string of the molecule is CC1(C)c2ccccc2-c2ccc3c(c21)c1ccccc1n3-c1cccc(-c2nc(-c3ccccc3)c3c(n2)-c2ccccc2[Si]3(C)C)c1. The molecule has 234 valence electrons. The van der Waals surface area contributed by atoms with Crippen LogP contribution in [-0.2, 0) is 5.41 Å². The molecule has 0 amide bonds. The second-order valence-electron chi connectivity index (χ2n) is 14.6. The maximum Gasteiger partial charge on any atom is 0.160 e. The van der Waals surface area contributed by atoms with Crippen LogP contribution in [0.3, 0.4) is 0 Å². The fourth-order valence-electron chi connectivity index (χ4n) is 8.94. The molecular formula is C45H35N3Si. The molecule has 0 radical (unpaired) electrons. The van der Waals surface area contributed by atoms with Gasteiger partial charge in [-0.3, -0.25) is 0 Å². The monoisotopic (exact) mass is 645 g/mol. The van der Waals surface area contributed by atoms with E-state index in [-0.39, 0.29) is 5.41 Å². The quantitative estimate of drug-likeness (QED) is 0.179. The Kier molecular flexibility index (Phi) is 5.79. The lowest BCUT2D eigenvalue weighted by Gasteiger charge is -2.22. The normalized spacial score (nSPS) is 14.9. The Balaban J connectivity index is 1.21. The van der Waals surface area contributed by atoms with Crippen LogP contribution in [0.5, 0.6) is 0 Å². The van der Waals surface area contributed by atoms with Crippen molar-refractivity contribution in [2.45, 2.75) is 32.4 Å². The predicted molar refractivity (Wildman–Crippen MR) is 207 cm³/mol. The summed E-state index contributed by atoms with van der Waals surface area (Å²) in [5.41, 5.74) is 14.5. The zero-order valence-electron chi connectivity index (χ0n) is 28.1. The lowest BCUT2D eigenvalue weighted by Crippen LogP contribution is -2.50. The van der Waals surface area contributed by atoms with E-state index in [0.717, 1.165) is 34.0 Å². The molecule has 3 heterocycles. The highest BCUT2D eigenvalue weighted by molar-refractivity contribution is 7.04. The summed E-state index contributed by atoms with van der Waals surface area (Å²) in [6.07, 6.45) is 0. The molecule has 0 spiro atoms. The highest BCUT2D eigenvalue weighted by atomic mass is 28.3. The van der Waals surface area contributed by atoms with E-state index in [4.69, 9.17) is 9.97 Å². The molecule has 1 aliphatic carbocycles. The maximum atomic E-state index is 5.41. The van der Waals surface area contributed by atoms with Crippen LogP contribution >= 0.6 is 0 Å². The summed E-state index contributed by atoms with van der Waals surface area (Å²) in [6, 6.07) is 50.8. The van der Waals surface area contributed by atoms with E-state index in [0.29, 0.717) is 0 Å². The molecular weight excluding hydrogens is 611 g/mol. The van der Waals surface area contributed by atoms with E-state index in [1.54, 1.807) is 0 Å². The van der Waals surface area contributed by atoms with Crippen LogP contribution in [-0.4, -0.2) is 22.6 Å². The summed E-state index contributed by atoms with van der Waals surface area (Å²) in [5, 5.41) is 5.39. The summed E-state index contributed by atoms with van der Waals surface area (Å²) >= 11 is 0. The number of fused-ring (bicyclic) bond motifs is 10. The Morgan fingerprint density at radius 3 is 2.12 bits per heavy atom. The van der Waals surface area contributed by atoms with Crippen molar-refractivity contribution in [3.63, 3.8) is 0 Å². The standard InChI is InChI=1S/C45H35N3Si/c1-45(2)35-22-11-8-19-31(35)32-25-26-37-39(40(32)45)33-20-9-12-23-36(33)48(37)30-18-14-17-29(27-30)44-46-41(28-15-6-5-7-16-28)43-42(47-44)34-21-10-13-24-38(34)49(43,3)4/h5-27H,1-4H3. The second-order valence-corrected chi connectivity index (χ2v) is 18.9. The van der Waals surface area contributed by atoms with E-state index in [9.17, 15) is 0 Å². The number of nitrogens with zero attached hydrogens (tertiary/aromatic N) is 3. The minimum absolute atomic E-state index is 0.109. The van der Waals surface area contributed by atoms with Gasteiger partial charge in [-0.15, -0.1) is 0 Å². The largest absolute Gasteiger partial charge is 0.309 e. The summed E-state index contributed by atoms with van der Waals surface area (Å²) in [7, 11) is -2.02. The first-order valence-electron chi connectivity index (χ1n) is 17.2. The van der Waals surface area contributed by atoms with Crippen molar-refractivity contribution in [2.24, 2.45) is 0 Å². The summed E-state index contributed by atoms with van der Waals surface area (Å²) in [4.78, 5) is 10.8. The van der Waals surface area contributed by atoms with Crippen LogP contribution in [0.1, 0.15) is 25.0 Å². The van der Waals surface area contributed by atoms with Crippen molar-refractivity contribution in [2.75, 3.05) is 0 Å². The fourth-order valence-corrected chi connectivity index (χ4v) is 12.2. The van der Waals surface area contributed by atoms with Crippen LogP contribution in [0.25, 0.3) is 72.5 Å². The lowest BCUT2D eigenvalue weighted by atomic mass is 9.80. The number of benzene rings is 6. The van der Waals surface area contributed by atoms with E-state index in [2.05, 4.69) is 171 Å². The van der Waals surface area contributed by atoms with Gasteiger partial charge in [0.1, 0.15) is 8.07 Å². The van der Waals surface area contributed by atoms with E-state index >= 15 is 0 Å². The first-order valence-corrected chi connectivity index (χ1v) is 20.2. The van der Waals surface area contributed by atoms with Gasteiger partial charge in [-0.05, 0) is 62.5 Å². The van der Waals surface area contributed by atoms with Gasteiger partial charge >= 0.3 is 0 Å². The van der Waals surface area contributed by atoms with Gasteiger partial charge in [0.2, 0.25) is 0 Å². The zero-order chi connectivity index (χ0) is 33.1. The molecule has 0 bridgehead atoms. The molecule has 0 unspecified atom stereocenters. The van der Waals surface area contributed by atoms with Crippen molar-refractivity contribution < 1.29 is 0 Å². The molecule has 2 aromatic heterocycles. The number of aromatic nitrogens is 3. The number of hydrogen-bond donors (Lipinski definition) is 0. The Morgan fingerprint density at radius 2 is 1.27 bits per heavy atom. The third kappa shape index (κ3) is 3.83. The minimum atomic E-state index is -2.02. The topological polar surface area (TPSA) is 30.7 Å². The molecule has 0 atom stereocenters. The van der Waals surface area contributed by atoms with Crippen molar-refractivity contribution in [1.82, 2.24) is 14.5 Å². The zero-order valence-corrected chi connectivity index (χ0v) is 29.1. The second kappa shape index (κ2) is 9.97.